The summed E-state index contributed by atoms with van der Waals surface area (Å²) in [5.41, 5.74) is 1.14. The fourth-order valence-electron chi connectivity index (χ4n) is 3.21. The van der Waals surface area contributed by atoms with Crippen molar-refractivity contribution < 1.29 is 27.5 Å². The van der Waals surface area contributed by atoms with Gasteiger partial charge < -0.3 is 13.9 Å². The molecule has 0 aliphatic heterocycles. The van der Waals surface area contributed by atoms with E-state index in [-0.39, 0.29) is 38.9 Å². The lowest BCUT2D eigenvalue weighted by molar-refractivity contribution is -0.138. The van der Waals surface area contributed by atoms with Crippen LogP contribution in [-0.2, 0) is 9.53 Å². The number of benzene rings is 2. The van der Waals surface area contributed by atoms with Crippen LogP contribution in [0.2, 0.25) is 0 Å². The molecular weight excluding hydrogens is 418 g/mol. The highest BCUT2D eigenvalue weighted by Gasteiger charge is 2.27. The second-order valence-corrected chi connectivity index (χ2v) is 7.30. The van der Waals surface area contributed by atoms with Crippen LogP contribution in [0.4, 0.5) is 8.78 Å². The Hall–Kier alpha value is -3.48. The Labute approximate surface area is 184 Å². The zero-order valence-electron chi connectivity index (χ0n) is 17.5. The molecule has 0 saturated carbocycles. The van der Waals surface area contributed by atoms with Crippen LogP contribution >= 0.6 is 0 Å². The fraction of sp³-hybridized carbons (Fsp3) is 0.280. The number of rotatable bonds is 11. The first-order valence-electron chi connectivity index (χ1n) is 10.3. The van der Waals surface area contributed by atoms with Crippen molar-refractivity contribution in [2.75, 3.05) is 13.2 Å². The molecule has 5 nitrogen and oxygen atoms in total. The second kappa shape index (κ2) is 10.7. The van der Waals surface area contributed by atoms with Crippen LogP contribution in [0.5, 0.6) is 5.75 Å². The number of alkyl halides is 2. The first kappa shape index (κ1) is 23.2. The molecule has 0 bridgehead atoms. The number of carbonyl (C=O) groups is 1. The Morgan fingerprint density at radius 2 is 1.75 bits per heavy atom. The molecule has 2 aromatic carbocycles. The molecule has 0 radical (unpaired) electrons. The van der Waals surface area contributed by atoms with Crippen LogP contribution in [0.3, 0.4) is 0 Å². The fourth-order valence-corrected chi connectivity index (χ4v) is 3.21. The van der Waals surface area contributed by atoms with Gasteiger partial charge in [0.05, 0.1) is 18.8 Å². The summed E-state index contributed by atoms with van der Waals surface area (Å²) in [4.78, 5) is 23.3. The van der Waals surface area contributed by atoms with E-state index in [0.717, 1.165) is 17.0 Å². The molecule has 0 N–H and O–H groups in total. The summed E-state index contributed by atoms with van der Waals surface area (Å²) in [7, 11) is 0. The van der Waals surface area contributed by atoms with E-state index in [1.54, 1.807) is 24.3 Å². The van der Waals surface area contributed by atoms with E-state index < -0.39 is 17.5 Å². The normalized spacial score (nSPS) is 11.3. The number of fused-ring (bicyclic) bond motifs is 1. The highest BCUT2D eigenvalue weighted by molar-refractivity contribution is 5.82. The van der Waals surface area contributed by atoms with Crippen LogP contribution in [0, 0.1) is 0 Å². The summed E-state index contributed by atoms with van der Waals surface area (Å²) in [5, 5.41) is 0.736. The first-order chi connectivity index (χ1) is 15.4. The maximum absolute atomic E-state index is 13.9. The van der Waals surface area contributed by atoms with Gasteiger partial charge in [-0.05, 0) is 36.6 Å². The summed E-state index contributed by atoms with van der Waals surface area (Å²) in [5.74, 6) is -3.05. The van der Waals surface area contributed by atoms with Crippen LogP contribution in [0.25, 0.3) is 22.1 Å². The minimum Gasteiger partial charge on any atom is -0.493 e. The van der Waals surface area contributed by atoms with Gasteiger partial charge in [-0.3, -0.25) is 0 Å². The minimum absolute atomic E-state index is 0.0643. The third-order valence-electron chi connectivity index (χ3n) is 4.85. The quantitative estimate of drug-likeness (QED) is 0.163. The van der Waals surface area contributed by atoms with Crippen LogP contribution in [0.1, 0.15) is 25.7 Å². The van der Waals surface area contributed by atoms with Crippen molar-refractivity contribution in [3.05, 3.63) is 77.7 Å². The van der Waals surface area contributed by atoms with E-state index >= 15 is 0 Å². The van der Waals surface area contributed by atoms with E-state index in [9.17, 15) is 18.4 Å². The number of hydrogen-bond donors (Lipinski definition) is 0. The Kier molecular flexibility index (Phi) is 7.76. The molecule has 3 aromatic rings. The van der Waals surface area contributed by atoms with Gasteiger partial charge in [-0.2, -0.15) is 0 Å². The third kappa shape index (κ3) is 6.51. The molecule has 0 aliphatic rings. The summed E-state index contributed by atoms with van der Waals surface area (Å²) >= 11 is 0. The maximum atomic E-state index is 13.9. The van der Waals surface area contributed by atoms with Crippen molar-refractivity contribution in [1.82, 2.24) is 0 Å². The maximum Gasteiger partial charge on any atom is 0.344 e. The van der Waals surface area contributed by atoms with Crippen molar-refractivity contribution in [3.63, 3.8) is 0 Å². The third-order valence-corrected chi connectivity index (χ3v) is 4.85. The molecule has 0 fully saturated rings. The van der Waals surface area contributed by atoms with Gasteiger partial charge in [0, 0.05) is 30.4 Å². The van der Waals surface area contributed by atoms with E-state index in [0.29, 0.717) is 16.9 Å². The van der Waals surface area contributed by atoms with Gasteiger partial charge in [0.2, 0.25) is 5.92 Å². The predicted octanol–water partition coefficient (Wildman–Crippen LogP) is 5.76. The van der Waals surface area contributed by atoms with Crippen molar-refractivity contribution in [2.24, 2.45) is 0 Å². The average Bonchev–Trinajstić information content (AvgIpc) is 2.79. The van der Waals surface area contributed by atoms with Gasteiger partial charge in [-0.1, -0.05) is 36.9 Å². The number of ether oxygens (including phenoxy) is 2. The smallest absolute Gasteiger partial charge is 0.344 e. The van der Waals surface area contributed by atoms with E-state index in [1.807, 2.05) is 30.3 Å². The molecule has 0 atom stereocenters. The SMILES string of the molecule is C=CC(=O)OCCCC(F)(F)CCCOc1ccc2cc(-c3ccccc3)c(=O)oc2c1. The molecule has 168 valence electrons. The van der Waals surface area contributed by atoms with E-state index in [2.05, 4.69) is 6.58 Å². The number of esters is 1. The van der Waals surface area contributed by atoms with Crippen molar-refractivity contribution in [1.29, 1.82) is 0 Å². The molecule has 7 heteroatoms. The highest BCUT2D eigenvalue weighted by Crippen LogP contribution is 2.27. The molecule has 3 rings (SSSR count). The van der Waals surface area contributed by atoms with Crippen LogP contribution in [-0.4, -0.2) is 25.1 Å². The molecule has 0 aliphatic carbocycles. The van der Waals surface area contributed by atoms with Crippen LogP contribution in [0.15, 0.2) is 76.5 Å². The lowest BCUT2D eigenvalue weighted by Gasteiger charge is -2.16. The summed E-state index contributed by atoms with van der Waals surface area (Å²) in [6.07, 6.45) is 0.500. The summed E-state index contributed by atoms with van der Waals surface area (Å²) < 4.78 is 43.5. The van der Waals surface area contributed by atoms with Crippen molar-refractivity contribution in [2.45, 2.75) is 31.6 Å². The Bertz CT molecular complexity index is 1120. The predicted molar refractivity (Wildman–Crippen MR) is 118 cm³/mol. The molecular formula is C25H24F2O5. The number of carbonyl (C=O) groups excluding carboxylic acids is 1. The minimum atomic E-state index is -2.87. The zero-order valence-corrected chi connectivity index (χ0v) is 17.5. The number of halogens is 2. The van der Waals surface area contributed by atoms with Gasteiger partial charge >= 0.3 is 11.6 Å². The monoisotopic (exact) mass is 442 g/mol. The molecule has 0 unspecified atom stereocenters. The molecule has 1 aromatic heterocycles. The molecule has 1 heterocycles. The molecule has 0 amide bonds. The summed E-state index contributed by atoms with van der Waals surface area (Å²) in [6.45, 7) is 3.27. The molecule has 0 saturated heterocycles. The Morgan fingerprint density at radius 3 is 2.47 bits per heavy atom. The highest BCUT2D eigenvalue weighted by atomic mass is 19.3. The zero-order chi connectivity index (χ0) is 23.0. The summed E-state index contributed by atoms with van der Waals surface area (Å²) in [6, 6.07) is 16.0. The largest absolute Gasteiger partial charge is 0.493 e. The Morgan fingerprint density at radius 1 is 1.03 bits per heavy atom. The second-order valence-electron chi connectivity index (χ2n) is 7.30. The van der Waals surface area contributed by atoms with E-state index in [1.165, 1.54) is 0 Å². The van der Waals surface area contributed by atoms with Gasteiger partial charge in [-0.25, -0.2) is 18.4 Å². The molecule has 32 heavy (non-hydrogen) atoms. The van der Waals surface area contributed by atoms with E-state index in [4.69, 9.17) is 13.9 Å². The number of hydrogen-bond acceptors (Lipinski definition) is 5. The van der Waals surface area contributed by atoms with Gasteiger partial charge in [0.15, 0.2) is 0 Å². The molecule has 0 spiro atoms. The first-order valence-corrected chi connectivity index (χ1v) is 10.3. The lowest BCUT2D eigenvalue weighted by atomic mass is 10.1. The standard InChI is InChI=1S/C25H24F2O5/c1-2-23(28)31-15-7-13-25(26,27)12-6-14-30-20-11-10-19-16-21(18-8-4-3-5-9-18)24(29)32-22(19)17-20/h2-5,8-11,16-17H,1,6-7,12-15H2. The lowest BCUT2D eigenvalue weighted by Crippen LogP contribution is -2.18. The van der Waals surface area contributed by atoms with Crippen molar-refractivity contribution >= 4 is 16.9 Å². The van der Waals surface area contributed by atoms with Crippen LogP contribution < -0.4 is 10.4 Å². The van der Waals surface area contributed by atoms with Crippen molar-refractivity contribution in [3.8, 4) is 16.9 Å². The Balaban J connectivity index is 1.52. The average molecular weight is 442 g/mol. The van der Waals surface area contributed by atoms with Gasteiger partial charge in [0.1, 0.15) is 11.3 Å². The topological polar surface area (TPSA) is 65.7 Å². The van der Waals surface area contributed by atoms with Gasteiger partial charge in [0.25, 0.3) is 0 Å². The van der Waals surface area contributed by atoms with Gasteiger partial charge in [-0.15, -0.1) is 0 Å².